The number of nitrogens with two attached hydrogens (primary N) is 1. The standard InChI is InChI=1S/C12H15FN2/c1-3-7-15(4-2)9-10-5-6-11(14)8-12(10)13/h1,5-6,8H,4,7,9,14H2,2H3. The number of nitrogen functional groups attached to an aromatic ring is 1. The van der Waals surface area contributed by atoms with Crippen molar-refractivity contribution >= 4 is 5.69 Å². The van der Waals surface area contributed by atoms with Gasteiger partial charge in [0.25, 0.3) is 0 Å². The van der Waals surface area contributed by atoms with Crippen LogP contribution < -0.4 is 5.73 Å². The summed E-state index contributed by atoms with van der Waals surface area (Å²) in [5, 5.41) is 0. The summed E-state index contributed by atoms with van der Waals surface area (Å²) < 4.78 is 13.4. The summed E-state index contributed by atoms with van der Waals surface area (Å²) in [5.74, 6) is 2.28. The summed E-state index contributed by atoms with van der Waals surface area (Å²) in [6.45, 7) is 3.84. The predicted molar refractivity (Wildman–Crippen MR) is 60.6 cm³/mol. The van der Waals surface area contributed by atoms with Gasteiger partial charge in [-0.05, 0) is 18.7 Å². The Labute approximate surface area is 89.9 Å². The van der Waals surface area contributed by atoms with E-state index in [-0.39, 0.29) is 5.82 Å². The van der Waals surface area contributed by atoms with Crippen LogP contribution >= 0.6 is 0 Å². The number of terminal acetylenes is 1. The van der Waals surface area contributed by atoms with Crippen LogP contribution in [-0.2, 0) is 6.54 Å². The molecule has 0 unspecified atom stereocenters. The third-order valence-electron chi connectivity index (χ3n) is 2.23. The van der Waals surface area contributed by atoms with Gasteiger partial charge in [0.1, 0.15) is 5.82 Å². The van der Waals surface area contributed by atoms with Crippen LogP contribution in [0, 0.1) is 18.2 Å². The molecule has 0 heterocycles. The minimum atomic E-state index is -0.273. The Kier molecular flexibility index (Phi) is 4.14. The average molecular weight is 206 g/mol. The molecule has 0 aromatic heterocycles. The van der Waals surface area contributed by atoms with E-state index in [4.69, 9.17) is 12.2 Å². The Bertz CT molecular complexity index is 368. The van der Waals surface area contributed by atoms with Crippen molar-refractivity contribution in [3.63, 3.8) is 0 Å². The quantitative estimate of drug-likeness (QED) is 0.602. The Hall–Kier alpha value is -1.53. The molecule has 15 heavy (non-hydrogen) atoms. The Morgan fingerprint density at radius 3 is 2.80 bits per heavy atom. The van der Waals surface area contributed by atoms with Crippen molar-refractivity contribution < 1.29 is 4.39 Å². The summed E-state index contributed by atoms with van der Waals surface area (Å²) in [6, 6.07) is 4.73. The molecule has 0 saturated heterocycles. The average Bonchev–Trinajstić information content (AvgIpc) is 2.21. The summed E-state index contributed by atoms with van der Waals surface area (Å²) in [5.41, 5.74) is 6.53. The molecule has 80 valence electrons. The monoisotopic (exact) mass is 206 g/mol. The number of hydrogen-bond acceptors (Lipinski definition) is 2. The van der Waals surface area contributed by atoms with Crippen molar-refractivity contribution in [2.24, 2.45) is 0 Å². The second kappa shape index (κ2) is 5.38. The van der Waals surface area contributed by atoms with Gasteiger partial charge in [0, 0.05) is 17.8 Å². The van der Waals surface area contributed by atoms with Crippen molar-refractivity contribution in [1.29, 1.82) is 0 Å². The van der Waals surface area contributed by atoms with E-state index in [9.17, 15) is 4.39 Å². The molecule has 0 fully saturated rings. The van der Waals surface area contributed by atoms with Gasteiger partial charge in [0.2, 0.25) is 0 Å². The first-order valence-corrected chi connectivity index (χ1v) is 4.87. The minimum absolute atomic E-state index is 0.273. The van der Waals surface area contributed by atoms with E-state index in [1.165, 1.54) is 6.07 Å². The molecule has 3 heteroatoms. The molecule has 0 aliphatic carbocycles. The van der Waals surface area contributed by atoms with Crippen LogP contribution in [0.5, 0.6) is 0 Å². The number of halogens is 1. The Morgan fingerprint density at radius 2 is 2.27 bits per heavy atom. The van der Waals surface area contributed by atoms with E-state index >= 15 is 0 Å². The lowest BCUT2D eigenvalue weighted by Gasteiger charge is -2.17. The smallest absolute Gasteiger partial charge is 0.129 e. The molecule has 1 aromatic rings. The van der Waals surface area contributed by atoms with Gasteiger partial charge >= 0.3 is 0 Å². The lowest BCUT2D eigenvalue weighted by atomic mass is 10.2. The molecule has 2 N–H and O–H groups in total. The summed E-state index contributed by atoms with van der Waals surface area (Å²) >= 11 is 0. The van der Waals surface area contributed by atoms with E-state index in [1.54, 1.807) is 12.1 Å². The van der Waals surface area contributed by atoms with Crippen molar-refractivity contribution in [2.45, 2.75) is 13.5 Å². The molecule has 1 aromatic carbocycles. The highest BCUT2D eigenvalue weighted by Crippen LogP contribution is 2.13. The highest BCUT2D eigenvalue weighted by molar-refractivity contribution is 5.40. The topological polar surface area (TPSA) is 29.3 Å². The van der Waals surface area contributed by atoms with Crippen LogP contribution in [0.3, 0.4) is 0 Å². The number of rotatable bonds is 4. The Morgan fingerprint density at radius 1 is 1.53 bits per heavy atom. The van der Waals surface area contributed by atoms with E-state index in [0.717, 1.165) is 6.54 Å². The maximum atomic E-state index is 13.4. The van der Waals surface area contributed by atoms with Crippen LogP contribution in [0.15, 0.2) is 18.2 Å². The SMILES string of the molecule is C#CCN(CC)Cc1ccc(N)cc1F. The minimum Gasteiger partial charge on any atom is -0.399 e. The van der Waals surface area contributed by atoms with Gasteiger partial charge in [-0.15, -0.1) is 6.42 Å². The molecule has 1 rings (SSSR count). The van der Waals surface area contributed by atoms with Crippen LogP contribution in [0.2, 0.25) is 0 Å². The maximum absolute atomic E-state index is 13.4. The summed E-state index contributed by atoms with van der Waals surface area (Å²) in [4.78, 5) is 1.98. The van der Waals surface area contributed by atoms with Crippen LogP contribution in [0.4, 0.5) is 10.1 Å². The molecule has 0 amide bonds. The van der Waals surface area contributed by atoms with Gasteiger partial charge in [-0.2, -0.15) is 0 Å². The predicted octanol–water partition coefficient (Wildman–Crippen LogP) is 1.86. The molecule has 0 aliphatic heterocycles. The zero-order valence-corrected chi connectivity index (χ0v) is 8.83. The first-order chi connectivity index (χ1) is 7.17. The summed E-state index contributed by atoms with van der Waals surface area (Å²) in [6.07, 6.45) is 5.22. The number of anilines is 1. The molecule has 2 nitrogen and oxygen atoms in total. The van der Waals surface area contributed by atoms with Crippen molar-refractivity contribution in [3.05, 3.63) is 29.6 Å². The molecule has 0 aliphatic rings. The normalized spacial score (nSPS) is 10.3. The number of benzene rings is 1. The maximum Gasteiger partial charge on any atom is 0.129 e. The van der Waals surface area contributed by atoms with Gasteiger partial charge in [0.05, 0.1) is 6.54 Å². The van der Waals surface area contributed by atoms with Crippen LogP contribution in [0.25, 0.3) is 0 Å². The van der Waals surface area contributed by atoms with E-state index in [0.29, 0.717) is 24.3 Å². The first-order valence-electron chi connectivity index (χ1n) is 4.87. The molecular formula is C12H15FN2. The molecule has 0 saturated carbocycles. The lowest BCUT2D eigenvalue weighted by Crippen LogP contribution is -2.23. The fourth-order valence-corrected chi connectivity index (χ4v) is 1.34. The zero-order valence-electron chi connectivity index (χ0n) is 8.83. The largest absolute Gasteiger partial charge is 0.399 e. The second-order valence-electron chi connectivity index (χ2n) is 3.36. The van der Waals surface area contributed by atoms with Gasteiger partial charge in [-0.25, -0.2) is 4.39 Å². The molecular weight excluding hydrogens is 191 g/mol. The van der Waals surface area contributed by atoms with E-state index in [2.05, 4.69) is 5.92 Å². The fraction of sp³-hybridized carbons (Fsp3) is 0.333. The van der Waals surface area contributed by atoms with Gasteiger partial charge in [0.15, 0.2) is 0 Å². The molecule has 0 radical (unpaired) electrons. The van der Waals surface area contributed by atoms with Crippen molar-refractivity contribution in [1.82, 2.24) is 4.90 Å². The van der Waals surface area contributed by atoms with Crippen molar-refractivity contribution in [3.8, 4) is 12.3 Å². The highest BCUT2D eigenvalue weighted by Gasteiger charge is 2.06. The van der Waals surface area contributed by atoms with Crippen molar-refractivity contribution in [2.75, 3.05) is 18.8 Å². The van der Waals surface area contributed by atoms with Crippen LogP contribution in [0.1, 0.15) is 12.5 Å². The second-order valence-corrected chi connectivity index (χ2v) is 3.36. The van der Waals surface area contributed by atoms with E-state index in [1.807, 2.05) is 11.8 Å². The molecule has 0 spiro atoms. The lowest BCUT2D eigenvalue weighted by molar-refractivity contribution is 0.311. The summed E-state index contributed by atoms with van der Waals surface area (Å²) in [7, 11) is 0. The third-order valence-corrected chi connectivity index (χ3v) is 2.23. The highest BCUT2D eigenvalue weighted by atomic mass is 19.1. The zero-order chi connectivity index (χ0) is 11.3. The first kappa shape index (κ1) is 11.5. The Balaban J connectivity index is 2.75. The number of nitrogens with zero attached hydrogens (tertiary/aromatic N) is 1. The number of hydrogen-bond donors (Lipinski definition) is 1. The van der Waals surface area contributed by atoms with E-state index < -0.39 is 0 Å². The van der Waals surface area contributed by atoms with Gasteiger partial charge in [-0.3, -0.25) is 4.90 Å². The van der Waals surface area contributed by atoms with Gasteiger partial charge < -0.3 is 5.73 Å². The molecule has 0 bridgehead atoms. The molecule has 0 atom stereocenters. The fourth-order valence-electron chi connectivity index (χ4n) is 1.34. The van der Waals surface area contributed by atoms with Gasteiger partial charge in [-0.1, -0.05) is 18.9 Å². The third kappa shape index (κ3) is 3.26. The van der Waals surface area contributed by atoms with Crippen LogP contribution in [-0.4, -0.2) is 18.0 Å².